The third kappa shape index (κ3) is 48.1. The van der Waals surface area contributed by atoms with Crippen LogP contribution in [0.5, 0.6) is 69.0 Å². The van der Waals surface area contributed by atoms with Crippen LogP contribution in [0.25, 0.3) is 0 Å². The van der Waals surface area contributed by atoms with E-state index in [-0.39, 0.29) is 18.3 Å². The molecule has 7 aromatic rings. The molecule has 22 nitrogen and oxygen atoms in total. The van der Waals surface area contributed by atoms with Crippen molar-refractivity contribution in [1.29, 1.82) is 0 Å². The van der Waals surface area contributed by atoms with Gasteiger partial charge in [0, 0.05) is 49.5 Å². The lowest BCUT2D eigenvalue weighted by Gasteiger charge is -2.32. The van der Waals surface area contributed by atoms with Gasteiger partial charge in [0.1, 0.15) is 69.0 Å². The average molecular weight is 2400 g/mol. The molecule has 3 aliphatic rings. The lowest BCUT2D eigenvalue weighted by atomic mass is 9.77. The number of hydrogen-bond acceptors (Lipinski definition) is 22. The first-order valence-corrected chi connectivity index (χ1v) is 58.9. The standard InChI is InChI=1S/C28H40BBrO4.C22H38BBrO4.C18H28BBrO3.C15H22BBrO3.2C14H22BBrO4/c1-5-9-13-21(7-3)19-31-27-18-24(30)28(32-20-22(8-4)14-10-6-2)17-23(27)29-33-25-15-11-12-16-26(25)34-29;1-5-9-11-17(7-3)15-27-21-14-20(24)22(13-19(21)23(25)26)28-16-18(8-4)12-10-6-2;1-6-7-8-9-12-21-16-13-14(20)10-11-15(16)19-22-17(2,3)18(4,5)23-19;1-2-3-4-5-9-18-15-12-13(17)7-8-14(15)16-19-10-6-11-20-16;2*1-3-5-7-19-13-10-12(16)14(20-8-6-4-2)9-11(13)15(17)18/h11-12,15-18,21-22H,5-10,13-14,19-20H2,1-4H3;13-14,17-18,25-26H,5-12,15-16H2,1-4H3;10-11,13H,6-9,12H2,1-5H3;7-8,12H,2-6,9-11H2,1H3;2*9-10,17-18H,3-8H2,1-2H3. The predicted octanol–water partition coefficient (Wildman–Crippen LogP) is 26.3. The van der Waals surface area contributed by atoms with E-state index in [1.54, 1.807) is 36.4 Å². The van der Waals surface area contributed by atoms with Gasteiger partial charge in [-0.25, -0.2) is 0 Å². The minimum Gasteiger partial charge on any atom is -0.519 e. The van der Waals surface area contributed by atoms with Crippen LogP contribution in [0.1, 0.15) is 337 Å². The van der Waals surface area contributed by atoms with Gasteiger partial charge in [0.15, 0.2) is 0 Å². The zero-order valence-electron chi connectivity index (χ0n) is 90.5. The van der Waals surface area contributed by atoms with Crippen molar-refractivity contribution < 1.29 is 105 Å². The maximum absolute atomic E-state index is 9.83. The molecule has 34 heteroatoms. The molecule has 3 aliphatic heterocycles. The molecule has 0 aromatic heterocycles. The van der Waals surface area contributed by atoms with Crippen LogP contribution in [0.2, 0.25) is 0 Å². The predicted molar refractivity (Wildman–Crippen MR) is 621 cm³/mol. The Balaban J connectivity index is 0.000000310. The largest absolute Gasteiger partial charge is 0.636 e. The van der Waals surface area contributed by atoms with Gasteiger partial charge in [0.2, 0.25) is 0 Å². The topological polar surface area (TPSA) is 269 Å². The van der Waals surface area contributed by atoms with E-state index >= 15 is 0 Å². The van der Waals surface area contributed by atoms with Gasteiger partial charge < -0.3 is 105 Å². The molecule has 0 spiro atoms. The quantitative estimate of drug-likeness (QED) is 0.0153. The molecule has 10 rings (SSSR count). The number of para-hydroxylation sites is 2. The second kappa shape index (κ2) is 74.9. The molecule has 2 fully saturated rings. The van der Waals surface area contributed by atoms with Crippen molar-refractivity contribution in [2.45, 2.75) is 348 Å². The van der Waals surface area contributed by atoms with E-state index in [9.17, 15) is 30.1 Å². The van der Waals surface area contributed by atoms with Crippen LogP contribution in [-0.2, 0) is 18.6 Å². The van der Waals surface area contributed by atoms with E-state index in [0.717, 1.165) is 213 Å². The van der Waals surface area contributed by atoms with Crippen molar-refractivity contribution >= 4 is 171 Å². The number of hydrogen-bond donors (Lipinski definition) is 6. The minimum atomic E-state index is -1.59. The fraction of sp³-hybridized carbons (Fsp3) is 0.622. The number of halogens is 6. The van der Waals surface area contributed by atoms with Crippen LogP contribution in [0, 0.1) is 23.7 Å². The first kappa shape index (κ1) is 130. The molecule has 0 bridgehead atoms. The summed E-state index contributed by atoms with van der Waals surface area (Å²) in [4.78, 5) is 0. The molecular formula is C111H172B6Br6O22. The minimum absolute atomic E-state index is 0.289. The van der Waals surface area contributed by atoms with Gasteiger partial charge in [0.25, 0.3) is 0 Å². The van der Waals surface area contributed by atoms with Gasteiger partial charge in [-0.15, -0.1) is 0 Å². The monoisotopic (exact) mass is 2400 g/mol. The summed E-state index contributed by atoms with van der Waals surface area (Å²) in [6.45, 7) is 46.6. The Labute approximate surface area is 924 Å². The fourth-order valence-corrected chi connectivity index (χ4v) is 17.8. The van der Waals surface area contributed by atoms with Crippen LogP contribution in [-0.4, -0.2) is 163 Å². The highest BCUT2D eigenvalue weighted by Crippen LogP contribution is 2.41. The van der Waals surface area contributed by atoms with Crippen molar-refractivity contribution in [1.82, 2.24) is 0 Å². The van der Waals surface area contributed by atoms with E-state index in [4.69, 9.17) is 75.3 Å². The van der Waals surface area contributed by atoms with Crippen LogP contribution < -0.4 is 89.5 Å². The number of unbranched alkanes of at least 4 members (excludes halogenated alkanes) is 14. The van der Waals surface area contributed by atoms with Crippen LogP contribution >= 0.6 is 95.6 Å². The third-order valence-corrected chi connectivity index (χ3v) is 29.3. The molecule has 6 N–H and O–H groups in total. The molecule has 0 amide bonds. The smallest absolute Gasteiger partial charge is 0.519 e. The summed E-state index contributed by atoms with van der Waals surface area (Å²) in [6.07, 6.45) is 37.1. The van der Waals surface area contributed by atoms with Gasteiger partial charge >= 0.3 is 42.7 Å². The number of fused-ring (bicyclic) bond motifs is 1. The summed E-state index contributed by atoms with van der Waals surface area (Å²) in [5.74, 6) is 10.2. The molecule has 808 valence electrons. The molecule has 0 aliphatic carbocycles. The van der Waals surface area contributed by atoms with E-state index < -0.39 is 35.6 Å². The molecule has 3 heterocycles. The Hall–Kier alpha value is -4.99. The average Bonchev–Trinajstić information content (AvgIpc) is 1.61. The maximum atomic E-state index is 9.83. The van der Waals surface area contributed by atoms with Crippen LogP contribution in [0.4, 0.5) is 0 Å². The molecule has 4 unspecified atom stereocenters. The van der Waals surface area contributed by atoms with Crippen LogP contribution in [0.15, 0.2) is 136 Å². The Bertz CT molecular complexity index is 4540. The van der Waals surface area contributed by atoms with Crippen molar-refractivity contribution in [3.63, 3.8) is 0 Å². The highest BCUT2D eigenvalue weighted by molar-refractivity contribution is 9.11. The van der Waals surface area contributed by atoms with Gasteiger partial charge in [-0.2, -0.15) is 0 Å². The SMILES string of the molecule is CCCCC(CC)COc1cc(B(O)O)c(OCC(CC)CCCC)cc1Br.CCCCC(CC)COc1cc(B2Oc3ccccc3O2)c(OCC(CC)CCCC)cc1Br.CCCCCCOc1cc(Br)ccc1B1OC(C)(C)C(C)(C)O1.CCCCCCOc1cc(Br)ccc1B1OCCCO1.CCCCOc1cc(B(O)O)c(OCCCC)cc1Br.CCCCOc1cc(B(O)O)c(OCCCC)cc1Br. The molecular weight excluding hydrogens is 2230 g/mol. The van der Waals surface area contributed by atoms with Crippen molar-refractivity contribution in [2.24, 2.45) is 23.7 Å². The Kier molecular flexibility index (Phi) is 67.4. The van der Waals surface area contributed by atoms with E-state index in [1.807, 2.05) is 72.8 Å². The zero-order chi connectivity index (χ0) is 106. The highest BCUT2D eigenvalue weighted by atomic mass is 79.9. The maximum Gasteiger partial charge on any atom is 0.636 e. The lowest BCUT2D eigenvalue weighted by Crippen LogP contribution is -2.41. The summed E-state index contributed by atoms with van der Waals surface area (Å²) in [6, 6.07) is 34.0. The first-order chi connectivity index (χ1) is 69.8. The molecule has 4 atom stereocenters. The molecule has 145 heavy (non-hydrogen) atoms. The Morgan fingerprint density at radius 1 is 0.290 bits per heavy atom. The second-order valence-electron chi connectivity index (χ2n) is 38.3. The molecule has 2 saturated heterocycles. The summed E-state index contributed by atoms with van der Waals surface area (Å²) in [7, 11) is -5.98. The van der Waals surface area contributed by atoms with Crippen molar-refractivity contribution in [3.8, 4) is 69.0 Å². The first-order valence-electron chi connectivity index (χ1n) is 54.1. The number of benzene rings is 7. The van der Waals surface area contributed by atoms with E-state index in [0.29, 0.717) is 127 Å². The highest BCUT2D eigenvalue weighted by Gasteiger charge is 2.53. The third-order valence-electron chi connectivity index (χ3n) is 25.8. The Morgan fingerprint density at radius 3 is 0.897 bits per heavy atom. The molecule has 0 saturated carbocycles. The zero-order valence-corrected chi connectivity index (χ0v) is 100.0. The van der Waals surface area contributed by atoms with Crippen molar-refractivity contribution in [3.05, 3.63) is 136 Å². The van der Waals surface area contributed by atoms with E-state index in [1.165, 1.54) is 103 Å². The van der Waals surface area contributed by atoms with Gasteiger partial charge in [0.05, 0.1) is 101 Å². The second-order valence-corrected chi connectivity index (χ2v) is 43.6. The van der Waals surface area contributed by atoms with Crippen molar-refractivity contribution in [2.75, 3.05) is 79.3 Å². The molecule has 7 aromatic carbocycles. The molecule has 0 radical (unpaired) electrons. The van der Waals surface area contributed by atoms with E-state index in [2.05, 4.69) is 220 Å². The van der Waals surface area contributed by atoms with Gasteiger partial charge in [-0.05, 0) is 271 Å². The number of rotatable bonds is 62. The Morgan fingerprint density at radius 2 is 0.566 bits per heavy atom. The summed E-state index contributed by atoms with van der Waals surface area (Å²) in [5.41, 5.74) is 3.13. The lowest BCUT2D eigenvalue weighted by molar-refractivity contribution is 0.00578. The summed E-state index contributed by atoms with van der Waals surface area (Å²) < 4.78 is 100. The van der Waals surface area contributed by atoms with Gasteiger partial charge in [-0.1, -0.05) is 294 Å². The summed E-state index contributed by atoms with van der Waals surface area (Å²) in [5, 5.41) is 57.5. The normalized spacial score (nSPS) is 13.9. The van der Waals surface area contributed by atoms with Crippen LogP contribution in [0.3, 0.4) is 0 Å². The summed E-state index contributed by atoms with van der Waals surface area (Å²) >= 11 is 21.1. The fourth-order valence-electron chi connectivity index (χ4n) is 15.4. The number of ether oxygens (including phenoxy) is 10. The van der Waals surface area contributed by atoms with Gasteiger partial charge in [-0.3, -0.25) is 0 Å².